The molecule has 1 saturated carbocycles. The molecule has 1 heterocycles. The number of ether oxygens (including phenoxy) is 1. The highest BCUT2D eigenvalue weighted by Gasteiger charge is 2.39. The number of nitrogens with zero attached hydrogens (tertiary/aromatic N) is 1. The second-order valence-electron chi connectivity index (χ2n) is 6.75. The maximum Gasteiger partial charge on any atom is 0.119 e. The second kappa shape index (κ2) is 5.62. The number of rotatable bonds is 1. The molecule has 3 aliphatic rings. The Kier molecular flexibility index (Phi) is 3.64. The minimum absolute atomic E-state index is 0.440. The first-order chi connectivity index (χ1) is 10.3. The van der Waals surface area contributed by atoms with Gasteiger partial charge < -0.3 is 9.84 Å². The van der Waals surface area contributed by atoms with Gasteiger partial charge >= 0.3 is 0 Å². The lowest BCUT2D eigenvalue weighted by atomic mass is 9.82. The fourth-order valence-corrected chi connectivity index (χ4v) is 4.66. The van der Waals surface area contributed by atoms with Crippen molar-refractivity contribution in [3.63, 3.8) is 0 Å². The van der Waals surface area contributed by atoms with E-state index < -0.39 is 0 Å². The topological polar surface area (TPSA) is 32.7 Å². The molecule has 0 aromatic heterocycles. The van der Waals surface area contributed by atoms with Crippen LogP contribution >= 0.6 is 0 Å². The molecule has 0 spiro atoms. The first-order valence-electron chi connectivity index (χ1n) is 8.52. The fourth-order valence-electron chi connectivity index (χ4n) is 4.66. The van der Waals surface area contributed by atoms with Gasteiger partial charge in [-0.15, -0.1) is 0 Å². The van der Waals surface area contributed by atoms with Gasteiger partial charge in [0.2, 0.25) is 0 Å². The molecule has 1 N–H and O–H groups in total. The normalized spacial score (nSPS) is 33.2. The zero-order chi connectivity index (χ0) is 14.2. The SMILES string of the molecule is Oc1cccc2c1CCCC2N1CCOC2CCCCC21. The summed E-state index contributed by atoms with van der Waals surface area (Å²) in [6.07, 6.45) is 9.02. The highest BCUT2D eigenvalue weighted by Crippen LogP contribution is 2.42. The van der Waals surface area contributed by atoms with E-state index in [0.717, 1.165) is 19.6 Å². The largest absolute Gasteiger partial charge is 0.508 e. The van der Waals surface area contributed by atoms with Crippen molar-refractivity contribution >= 4 is 0 Å². The summed E-state index contributed by atoms with van der Waals surface area (Å²) >= 11 is 0. The highest BCUT2D eigenvalue weighted by atomic mass is 16.5. The number of fused-ring (bicyclic) bond motifs is 2. The van der Waals surface area contributed by atoms with Gasteiger partial charge in [0.05, 0.1) is 12.7 Å². The van der Waals surface area contributed by atoms with Crippen LogP contribution in [0.4, 0.5) is 0 Å². The van der Waals surface area contributed by atoms with Crippen molar-refractivity contribution in [3.8, 4) is 5.75 Å². The van der Waals surface area contributed by atoms with Crippen LogP contribution < -0.4 is 0 Å². The number of benzene rings is 1. The number of hydrogen-bond acceptors (Lipinski definition) is 3. The molecule has 1 aromatic carbocycles. The smallest absolute Gasteiger partial charge is 0.119 e. The van der Waals surface area contributed by atoms with Gasteiger partial charge in [-0.2, -0.15) is 0 Å². The van der Waals surface area contributed by atoms with Crippen LogP contribution in [0.25, 0.3) is 0 Å². The quantitative estimate of drug-likeness (QED) is 0.859. The number of aromatic hydroxyl groups is 1. The Bertz CT molecular complexity index is 514. The van der Waals surface area contributed by atoms with E-state index in [4.69, 9.17) is 4.74 Å². The Balaban J connectivity index is 1.66. The summed E-state index contributed by atoms with van der Waals surface area (Å²) in [6.45, 7) is 1.91. The molecule has 0 radical (unpaired) electrons. The molecule has 114 valence electrons. The van der Waals surface area contributed by atoms with E-state index in [1.165, 1.54) is 49.7 Å². The van der Waals surface area contributed by atoms with Crippen LogP contribution in [0.5, 0.6) is 5.75 Å². The van der Waals surface area contributed by atoms with E-state index in [1.54, 1.807) is 0 Å². The monoisotopic (exact) mass is 287 g/mol. The van der Waals surface area contributed by atoms with Crippen molar-refractivity contribution < 1.29 is 9.84 Å². The molecule has 2 fully saturated rings. The Hall–Kier alpha value is -1.06. The van der Waals surface area contributed by atoms with Crippen molar-refractivity contribution in [3.05, 3.63) is 29.3 Å². The van der Waals surface area contributed by atoms with Crippen molar-refractivity contribution in [2.24, 2.45) is 0 Å². The molecule has 1 aromatic rings. The average Bonchev–Trinajstić information content (AvgIpc) is 2.54. The zero-order valence-corrected chi connectivity index (χ0v) is 12.6. The van der Waals surface area contributed by atoms with Gasteiger partial charge in [-0.1, -0.05) is 25.0 Å². The molecule has 0 amide bonds. The molecule has 3 nitrogen and oxygen atoms in total. The molecule has 0 bridgehead atoms. The molecule has 3 unspecified atom stereocenters. The van der Waals surface area contributed by atoms with Crippen LogP contribution in [0.3, 0.4) is 0 Å². The number of hydrogen-bond donors (Lipinski definition) is 1. The minimum atomic E-state index is 0.440. The van der Waals surface area contributed by atoms with Gasteiger partial charge in [0.1, 0.15) is 5.75 Å². The first kappa shape index (κ1) is 13.6. The molecular formula is C18H25NO2. The Morgan fingerprint density at radius 2 is 2.00 bits per heavy atom. The van der Waals surface area contributed by atoms with Gasteiger partial charge in [0.25, 0.3) is 0 Å². The molecule has 1 aliphatic heterocycles. The van der Waals surface area contributed by atoms with Gasteiger partial charge in [0, 0.05) is 18.6 Å². The van der Waals surface area contributed by atoms with E-state index in [0.29, 0.717) is 23.9 Å². The van der Waals surface area contributed by atoms with Gasteiger partial charge in [0.15, 0.2) is 0 Å². The minimum Gasteiger partial charge on any atom is -0.508 e. The van der Waals surface area contributed by atoms with E-state index in [2.05, 4.69) is 11.0 Å². The first-order valence-corrected chi connectivity index (χ1v) is 8.52. The van der Waals surface area contributed by atoms with Crippen molar-refractivity contribution in [2.75, 3.05) is 13.2 Å². The van der Waals surface area contributed by atoms with Crippen LogP contribution in [-0.2, 0) is 11.2 Å². The summed E-state index contributed by atoms with van der Waals surface area (Å²) in [4.78, 5) is 2.70. The molecule has 2 aliphatic carbocycles. The third-order valence-electron chi connectivity index (χ3n) is 5.63. The Morgan fingerprint density at radius 1 is 1.10 bits per heavy atom. The van der Waals surface area contributed by atoms with Crippen LogP contribution in [0.2, 0.25) is 0 Å². The summed E-state index contributed by atoms with van der Waals surface area (Å²) < 4.78 is 6.02. The second-order valence-corrected chi connectivity index (χ2v) is 6.75. The van der Waals surface area contributed by atoms with Crippen LogP contribution in [0, 0.1) is 0 Å². The predicted octanol–water partition coefficient (Wildman–Crippen LogP) is 3.41. The van der Waals surface area contributed by atoms with Gasteiger partial charge in [-0.05, 0) is 49.3 Å². The van der Waals surface area contributed by atoms with E-state index in [9.17, 15) is 5.11 Å². The molecule has 3 atom stereocenters. The molecule has 1 saturated heterocycles. The maximum absolute atomic E-state index is 10.2. The number of phenols is 1. The third-order valence-corrected chi connectivity index (χ3v) is 5.63. The van der Waals surface area contributed by atoms with Crippen molar-refractivity contribution in [1.29, 1.82) is 0 Å². The molecular weight excluding hydrogens is 262 g/mol. The van der Waals surface area contributed by atoms with Gasteiger partial charge in [-0.3, -0.25) is 4.90 Å². The summed E-state index contributed by atoms with van der Waals surface area (Å²) in [5.74, 6) is 0.491. The summed E-state index contributed by atoms with van der Waals surface area (Å²) in [6, 6.07) is 7.14. The molecule has 3 heteroatoms. The van der Waals surface area contributed by atoms with Crippen molar-refractivity contribution in [2.45, 2.75) is 63.1 Å². The van der Waals surface area contributed by atoms with Gasteiger partial charge in [-0.25, -0.2) is 0 Å². The van der Waals surface area contributed by atoms with E-state index >= 15 is 0 Å². The predicted molar refractivity (Wildman–Crippen MR) is 82.5 cm³/mol. The van der Waals surface area contributed by atoms with E-state index in [1.807, 2.05) is 12.1 Å². The average molecular weight is 287 g/mol. The van der Waals surface area contributed by atoms with Crippen LogP contribution in [0.1, 0.15) is 55.7 Å². The van der Waals surface area contributed by atoms with Crippen molar-refractivity contribution in [1.82, 2.24) is 4.90 Å². The number of morpholine rings is 1. The highest BCUT2D eigenvalue weighted by molar-refractivity contribution is 5.42. The van der Waals surface area contributed by atoms with Crippen LogP contribution in [-0.4, -0.2) is 35.3 Å². The Morgan fingerprint density at radius 3 is 2.95 bits per heavy atom. The number of phenolic OH excluding ortho intramolecular Hbond substituents is 1. The third kappa shape index (κ3) is 2.36. The lowest BCUT2D eigenvalue weighted by molar-refractivity contribution is -0.105. The molecule has 21 heavy (non-hydrogen) atoms. The lowest BCUT2D eigenvalue weighted by Crippen LogP contribution is -2.54. The Labute approximate surface area is 126 Å². The summed E-state index contributed by atoms with van der Waals surface area (Å²) in [7, 11) is 0. The lowest BCUT2D eigenvalue weighted by Gasteiger charge is -2.48. The maximum atomic E-state index is 10.2. The van der Waals surface area contributed by atoms with Crippen LogP contribution in [0.15, 0.2) is 18.2 Å². The fraction of sp³-hybridized carbons (Fsp3) is 0.667. The zero-order valence-electron chi connectivity index (χ0n) is 12.6. The summed E-state index contributed by atoms with van der Waals surface area (Å²) in [5, 5.41) is 10.2. The van der Waals surface area contributed by atoms with E-state index in [-0.39, 0.29) is 0 Å². The molecule has 4 rings (SSSR count). The summed E-state index contributed by atoms with van der Waals surface area (Å²) in [5.41, 5.74) is 2.56. The standard InChI is InChI=1S/C18H25NO2/c20-17-9-4-5-13-14(17)6-3-8-15(13)19-11-12-21-18-10-2-1-7-16(18)19/h4-5,9,15-16,18,20H,1-3,6-8,10-12H2.